The third kappa shape index (κ3) is 6.89. The molecule has 0 aliphatic carbocycles. The van der Waals surface area contributed by atoms with Gasteiger partial charge < -0.3 is 0 Å². The SMILES string of the molecule is C1=CC2=NC1=CC1=NC(=C(c3ccc4ccccc4c3)C3=NC(=CC4=NC(=C2)C=C4)C=C3c2ccc3ccccc3c2)C(c2ccc3ccccc3c2)=C1c1ccc2ccccc2c1.[Zn]. The molecule has 5 aliphatic heterocycles. The number of benzene rings is 8. The fourth-order valence-corrected chi connectivity index (χ4v) is 9.59. The van der Waals surface area contributed by atoms with Crippen LogP contribution in [0.5, 0.6) is 0 Å². The molecule has 0 N–H and O–H groups in total. The van der Waals surface area contributed by atoms with Crippen LogP contribution in [-0.2, 0) is 19.5 Å². The zero-order chi connectivity index (χ0) is 42.1. The topological polar surface area (TPSA) is 49.4 Å². The Morgan fingerprint density at radius 1 is 0.292 bits per heavy atom. The first-order valence-electron chi connectivity index (χ1n) is 21.7. The van der Waals surface area contributed by atoms with E-state index in [-0.39, 0.29) is 19.5 Å². The second-order valence-corrected chi connectivity index (χ2v) is 16.7. The van der Waals surface area contributed by atoms with Gasteiger partial charge in [0, 0.05) is 41.8 Å². The van der Waals surface area contributed by atoms with Gasteiger partial charge in [0.25, 0.3) is 0 Å². The van der Waals surface area contributed by atoms with E-state index in [4.69, 9.17) is 20.0 Å². The first-order chi connectivity index (χ1) is 31.6. The molecule has 0 aromatic heterocycles. The molecular weight excluding hydrogens is 842 g/mol. The maximum Gasteiger partial charge on any atom is 0.0822 e. The molecule has 0 unspecified atom stereocenters. The van der Waals surface area contributed by atoms with Crippen molar-refractivity contribution in [3.63, 3.8) is 0 Å². The molecule has 8 aromatic rings. The predicted molar refractivity (Wildman–Crippen MR) is 270 cm³/mol. The summed E-state index contributed by atoms with van der Waals surface area (Å²) >= 11 is 0. The number of aliphatic imine (C=N–C) groups is 4. The Balaban J connectivity index is 0.00000444. The van der Waals surface area contributed by atoms with Gasteiger partial charge in [0.1, 0.15) is 0 Å². The standard InChI is InChI=1S/C60H36N4.Zn/c1-5-13-41-29-45(21-17-37(41)9-1)54-35-53-34-51-26-25-49(61-51)33-50-27-28-52(62-50)36-55-56(46-22-18-38-10-2-6-14-42(38)30-46)57(47-23-19-39-11-3-7-15-43(39)31-47)60(64-55)58(59(54)63-53)48-24-20-40-12-4-8-16-44(40)32-48;/h1-36H;. The Hall–Kier alpha value is -7.98. The molecule has 8 aromatic carbocycles. The molecule has 5 heterocycles. The summed E-state index contributed by atoms with van der Waals surface area (Å²) in [5.41, 5.74) is 15.0. The van der Waals surface area contributed by atoms with Crippen LogP contribution in [0.1, 0.15) is 22.3 Å². The number of allylic oxidation sites excluding steroid dienone is 12. The van der Waals surface area contributed by atoms with Crippen LogP contribution in [-0.4, -0.2) is 22.8 Å². The largest absolute Gasteiger partial charge is 0.249 e. The van der Waals surface area contributed by atoms with E-state index in [0.717, 1.165) is 106 Å². The summed E-state index contributed by atoms with van der Waals surface area (Å²) in [7, 11) is 0. The normalized spacial score (nSPS) is 16.4. The molecule has 5 heteroatoms. The number of nitrogens with zero attached hydrogens (tertiary/aromatic N) is 4. The monoisotopic (exact) mass is 876 g/mol. The van der Waals surface area contributed by atoms with Gasteiger partial charge in [-0.2, -0.15) is 0 Å². The van der Waals surface area contributed by atoms with Gasteiger partial charge in [-0.15, -0.1) is 0 Å². The van der Waals surface area contributed by atoms with Crippen LogP contribution in [0.25, 0.3) is 65.4 Å². The minimum absolute atomic E-state index is 0. The van der Waals surface area contributed by atoms with Crippen LogP contribution < -0.4 is 0 Å². The summed E-state index contributed by atoms with van der Waals surface area (Å²) in [5, 5.41) is 9.36. The molecule has 298 valence electrons. The van der Waals surface area contributed by atoms with Crippen molar-refractivity contribution in [1.29, 1.82) is 0 Å². The molecule has 5 aliphatic rings. The predicted octanol–water partition coefficient (Wildman–Crippen LogP) is 14.3. The number of hydrogen-bond acceptors (Lipinski definition) is 4. The minimum atomic E-state index is 0. The molecular formula is C60H36N4Zn. The van der Waals surface area contributed by atoms with E-state index in [1.165, 1.54) is 26.9 Å². The molecule has 65 heavy (non-hydrogen) atoms. The van der Waals surface area contributed by atoms with E-state index in [1.54, 1.807) is 0 Å². The van der Waals surface area contributed by atoms with Crippen molar-refractivity contribution in [2.75, 3.05) is 0 Å². The quantitative estimate of drug-likeness (QED) is 0.158. The van der Waals surface area contributed by atoms with Crippen LogP contribution >= 0.6 is 0 Å². The summed E-state index contributed by atoms with van der Waals surface area (Å²) in [4.78, 5) is 21.6. The van der Waals surface area contributed by atoms with Gasteiger partial charge in [-0.05, 0) is 138 Å². The molecule has 0 radical (unpaired) electrons. The third-order valence-corrected chi connectivity index (χ3v) is 12.7. The van der Waals surface area contributed by atoms with Crippen LogP contribution in [0.3, 0.4) is 0 Å². The molecule has 0 saturated carbocycles. The second kappa shape index (κ2) is 15.7. The summed E-state index contributed by atoms with van der Waals surface area (Å²) in [5.74, 6) is 0. The minimum Gasteiger partial charge on any atom is -0.249 e. The van der Waals surface area contributed by atoms with Gasteiger partial charge in [0.2, 0.25) is 0 Å². The Morgan fingerprint density at radius 3 is 1.23 bits per heavy atom. The van der Waals surface area contributed by atoms with Gasteiger partial charge in [-0.25, -0.2) is 20.0 Å². The van der Waals surface area contributed by atoms with Crippen molar-refractivity contribution in [2.24, 2.45) is 20.0 Å². The number of hydrogen-bond donors (Lipinski definition) is 0. The molecule has 4 nitrogen and oxygen atoms in total. The van der Waals surface area contributed by atoms with E-state index in [0.29, 0.717) is 0 Å². The molecule has 13 rings (SSSR count). The Kier molecular flexibility index (Phi) is 9.33. The maximum atomic E-state index is 5.85. The average molecular weight is 878 g/mol. The van der Waals surface area contributed by atoms with Crippen LogP contribution in [0.15, 0.2) is 261 Å². The smallest absolute Gasteiger partial charge is 0.0822 e. The maximum absolute atomic E-state index is 5.85. The van der Waals surface area contributed by atoms with Crippen molar-refractivity contribution in [1.82, 2.24) is 0 Å². The zero-order valence-corrected chi connectivity index (χ0v) is 38.2. The van der Waals surface area contributed by atoms with Crippen LogP contribution in [0.2, 0.25) is 0 Å². The van der Waals surface area contributed by atoms with Gasteiger partial charge in [-0.1, -0.05) is 146 Å². The molecule has 0 atom stereocenters. The average Bonchev–Trinajstić information content (AvgIpc) is 4.16. The first-order valence-corrected chi connectivity index (χ1v) is 21.7. The first kappa shape index (κ1) is 38.7. The molecule has 0 spiro atoms. The summed E-state index contributed by atoms with van der Waals surface area (Å²) < 4.78 is 0. The fraction of sp³-hybridized carbons (Fsp3) is 0. The van der Waals surface area contributed by atoms with Crippen LogP contribution in [0, 0.1) is 0 Å². The van der Waals surface area contributed by atoms with Crippen molar-refractivity contribution in [3.05, 3.63) is 264 Å². The fourth-order valence-electron chi connectivity index (χ4n) is 9.59. The number of fused-ring (bicyclic) bond motifs is 8. The van der Waals surface area contributed by atoms with E-state index >= 15 is 0 Å². The van der Waals surface area contributed by atoms with Crippen molar-refractivity contribution >= 4 is 88.2 Å². The Morgan fingerprint density at radius 2 is 0.708 bits per heavy atom. The van der Waals surface area contributed by atoms with Crippen molar-refractivity contribution < 1.29 is 19.5 Å². The van der Waals surface area contributed by atoms with E-state index in [9.17, 15) is 0 Å². The van der Waals surface area contributed by atoms with Gasteiger partial charge >= 0.3 is 0 Å². The van der Waals surface area contributed by atoms with E-state index in [2.05, 4.69) is 206 Å². The molecule has 0 amide bonds. The number of rotatable bonds is 4. The van der Waals surface area contributed by atoms with Crippen LogP contribution in [0.4, 0.5) is 0 Å². The Labute approximate surface area is 389 Å². The van der Waals surface area contributed by atoms with Crippen molar-refractivity contribution in [2.45, 2.75) is 0 Å². The molecule has 0 fully saturated rings. The molecule has 0 saturated heterocycles. The summed E-state index contributed by atoms with van der Waals surface area (Å²) in [6.07, 6.45) is 16.7. The summed E-state index contributed by atoms with van der Waals surface area (Å²) in [6, 6.07) is 61.3. The third-order valence-electron chi connectivity index (χ3n) is 12.7. The summed E-state index contributed by atoms with van der Waals surface area (Å²) in [6.45, 7) is 0. The zero-order valence-electron chi connectivity index (χ0n) is 35.3. The second-order valence-electron chi connectivity index (χ2n) is 16.7. The van der Waals surface area contributed by atoms with Gasteiger partial charge in [-0.3, -0.25) is 0 Å². The van der Waals surface area contributed by atoms with Gasteiger partial charge in [0.05, 0.1) is 45.6 Å². The molecule has 8 bridgehead atoms. The van der Waals surface area contributed by atoms with Crippen molar-refractivity contribution in [3.8, 4) is 0 Å². The van der Waals surface area contributed by atoms with Gasteiger partial charge in [0.15, 0.2) is 0 Å². The Bertz CT molecular complexity index is 3820. The van der Waals surface area contributed by atoms with E-state index < -0.39 is 0 Å². The van der Waals surface area contributed by atoms with E-state index in [1.807, 2.05) is 12.2 Å².